The molecule has 3 aromatic rings. The molecule has 0 radical (unpaired) electrons. The van der Waals surface area contributed by atoms with Gasteiger partial charge in [-0.2, -0.15) is 0 Å². The fourth-order valence-electron chi connectivity index (χ4n) is 2.37. The molecule has 2 aromatic carbocycles. The van der Waals surface area contributed by atoms with Gasteiger partial charge >= 0.3 is 0 Å². The van der Waals surface area contributed by atoms with Gasteiger partial charge in [-0.1, -0.05) is 54.1 Å². The first-order chi connectivity index (χ1) is 13.6. The molecule has 1 amide bonds. The lowest BCUT2D eigenvalue weighted by Crippen LogP contribution is -2.07. The number of hydrogen-bond acceptors (Lipinski definition) is 5. The first kappa shape index (κ1) is 20.0. The van der Waals surface area contributed by atoms with Gasteiger partial charge in [0.2, 0.25) is 11.0 Å². The van der Waals surface area contributed by atoms with Crippen molar-refractivity contribution < 1.29 is 9.53 Å². The van der Waals surface area contributed by atoms with E-state index in [2.05, 4.69) is 22.4 Å². The van der Waals surface area contributed by atoms with Crippen molar-refractivity contribution in [3.63, 3.8) is 0 Å². The maximum Gasteiger partial charge on any atom is 0.250 e. The quantitative estimate of drug-likeness (QED) is 0.514. The second-order valence-corrected chi connectivity index (χ2v) is 7.54. The Hall–Kier alpha value is -2.70. The molecule has 1 N–H and O–H groups in total. The molecule has 0 saturated carbocycles. The third-order valence-corrected chi connectivity index (χ3v) is 4.84. The van der Waals surface area contributed by atoms with Crippen LogP contribution in [0.15, 0.2) is 54.6 Å². The molecule has 144 valence electrons. The van der Waals surface area contributed by atoms with E-state index in [4.69, 9.17) is 16.3 Å². The van der Waals surface area contributed by atoms with Crippen LogP contribution in [-0.4, -0.2) is 22.7 Å². The van der Waals surface area contributed by atoms with Gasteiger partial charge in [0.1, 0.15) is 10.8 Å². The van der Waals surface area contributed by atoms with Crippen molar-refractivity contribution in [1.29, 1.82) is 0 Å². The lowest BCUT2D eigenvalue weighted by atomic mass is 10.2. The fourth-order valence-corrected chi connectivity index (χ4v) is 3.27. The SMILES string of the molecule is CCCOc1ccc(/C=C/C(=O)Nc2nnc(Cc3ccc(Cl)cc3)s2)cc1. The number of nitrogens with zero attached hydrogens (tertiary/aromatic N) is 2. The summed E-state index contributed by atoms with van der Waals surface area (Å²) in [6.07, 6.45) is 4.83. The largest absolute Gasteiger partial charge is 0.494 e. The molecule has 0 saturated heterocycles. The van der Waals surface area contributed by atoms with Crippen LogP contribution in [0.5, 0.6) is 5.75 Å². The molecular formula is C21H20ClN3O2S. The molecule has 0 spiro atoms. The van der Waals surface area contributed by atoms with Gasteiger partial charge in [-0.25, -0.2) is 0 Å². The van der Waals surface area contributed by atoms with E-state index in [1.165, 1.54) is 17.4 Å². The zero-order valence-electron chi connectivity index (χ0n) is 15.4. The summed E-state index contributed by atoms with van der Waals surface area (Å²) in [5.41, 5.74) is 2.00. The van der Waals surface area contributed by atoms with E-state index >= 15 is 0 Å². The molecule has 0 aliphatic heterocycles. The average Bonchev–Trinajstić information content (AvgIpc) is 3.14. The number of aromatic nitrogens is 2. The van der Waals surface area contributed by atoms with Gasteiger partial charge in [0.05, 0.1) is 6.61 Å². The summed E-state index contributed by atoms with van der Waals surface area (Å²) in [4.78, 5) is 12.1. The minimum atomic E-state index is -0.250. The van der Waals surface area contributed by atoms with Crippen molar-refractivity contribution in [3.8, 4) is 5.75 Å². The number of benzene rings is 2. The number of rotatable bonds is 8. The molecular weight excluding hydrogens is 394 g/mol. The summed E-state index contributed by atoms with van der Waals surface area (Å²) >= 11 is 7.25. The first-order valence-electron chi connectivity index (χ1n) is 8.91. The number of nitrogens with one attached hydrogen (secondary N) is 1. The van der Waals surface area contributed by atoms with Crippen LogP contribution in [0.25, 0.3) is 6.08 Å². The second kappa shape index (κ2) is 10.0. The molecule has 0 unspecified atom stereocenters. The maximum atomic E-state index is 12.1. The molecule has 3 rings (SSSR count). The highest BCUT2D eigenvalue weighted by Crippen LogP contribution is 2.20. The van der Waals surface area contributed by atoms with Gasteiger partial charge in [-0.15, -0.1) is 10.2 Å². The third kappa shape index (κ3) is 6.18. The van der Waals surface area contributed by atoms with Crippen LogP contribution in [0, 0.1) is 0 Å². The van der Waals surface area contributed by atoms with E-state index in [1.54, 1.807) is 6.08 Å². The van der Waals surface area contributed by atoms with Crippen molar-refractivity contribution >= 4 is 40.1 Å². The number of ether oxygens (including phenoxy) is 1. The predicted molar refractivity (Wildman–Crippen MR) is 114 cm³/mol. The molecule has 0 atom stereocenters. The highest BCUT2D eigenvalue weighted by atomic mass is 35.5. The number of hydrogen-bond donors (Lipinski definition) is 1. The van der Waals surface area contributed by atoms with Crippen molar-refractivity contribution in [2.75, 3.05) is 11.9 Å². The van der Waals surface area contributed by atoms with Crippen LogP contribution >= 0.6 is 22.9 Å². The number of halogens is 1. The summed E-state index contributed by atoms with van der Waals surface area (Å²) in [5, 5.41) is 12.9. The Morgan fingerprint density at radius 1 is 1.14 bits per heavy atom. The molecule has 0 aliphatic carbocycles. The Labute approximate surface area is 173 Å². The van der Waals surface area contributed by atoms with Crippen molar-refractivity contribution in [1.82, 2.24) is 10.2 Å². The minimum absolute atomic E-state index is 0.250. The zero-order chi connectivity index (χ0) is 19.8. The monoisotopic (exact) mass is 413 g/mol. The van der Waals surface area contributed by atoms with Gasteiger partial charge in [0, 0.05) is 17.5 Å². The molecule has 1 heterocycles. The van der Waals surface area contributed by atoms with Crippen molar-refractivity contribution in [3.05, 3.63) is 75.8 Å². The summed E-state index contributed by atoms with van der Waals surface area (Å²) in [7, 11) is 0. The first-order valence-corrected chi connectivity index (χ1v) is 10.1. The standard InChI is InChI=1S/C21H20ClN3O2S/c1-2-13-27-18-10-5-15(6-11-18)7-12-19(26)23-21-25-24-20(28-21)14-16-3-8-17(22)9-4-16/h3-12H,2,13-14H2,1H3,(H,23,25,26)/b12-7+. The van der Waals surface area contributed by atoms with E-state index in [-0.39, 0.29) is 5.91 Å². The lowest BCUT2D eigenvalue weighted by molar-refractivity contribution is -0.111. The van der Waals surface area contributed by atoms with Crippen LogP contribution in [0.3, 0.4) is 0 Å². The fraction of sp³-hybridized carbons (Fsp3) is 0.190. The number of carbonyl (C=O) groups excluding carboxylic acids is 1. The smallest absolute Gasteiger partial charge is 0.250 e. The Morgan fingerprint density at radius 3 is 2.61 bits per heavy atom. The summed E-state index contributed by atoms with van der Waals surface area (Å²) in [6, 6.07) is 15.2. The van der Waals surface area contributed by atoms with E-state index in [9.17, 15) is 4.79 Å². The van der Waals surface area contributed by atoms with Crippen LogP contribution < -0.4 is 10.1 Å². The van der Waals surface area contributed by atoms with Crippen LogP contribution in [0.4, 0.5) is 5.13 Å². The molecule has 0 aliphatic rings. The highest BCUT2D eigenvalue weighted by Gasteiger charge is 2.07. The van der Waals surface area contributed by atoms with E-state index in [1.807, 2.05) is 48.5 Å². The molecule has 1 aromatic heterocycles. The Morgan fingerprint density at radius 2 is 1.89 bits per heavy atom. The van der Waals surface area contributed by atoms with Crippen LogP contribution in [0.1, 0.15) is 29.5 Å². The lowest BCUT2D eigenvalue weighted by Gasteiger charge is -2.03. The topological polar surface area (TPSA) is 64.1 Å². The van der Waals surface area contributed by atoms with E-state index in [0.29, 0.717) is 23.2 Å². The predicted octanol–water partition coefficient (Wildman–Crippen LogP) is 5.22. The molecule has 5 nitrogen and oxygen atoms in total. The van der Waals surface area contributed by atoms with Gasteiger partial charge in [-0.3, -0.25) is 10.1 Å². The maximum absolute atomic E-state index is 12.1. The van der Waals surface area contributed by atoms with Crippen LogP contribution in [0.2, 0.25) is 5.02 Å². The van der Waals surface area contributed by atoms with Gasteiger partial charge in [-0.05, 0) is 47.9 Å². The molecule has 28 heavy (non-hydrogen) atoms. The van der Waals surface area contributed by atoms with Gasteiger partial charge in [0.25, 0.3) is 0 Å². The van der Waals surface area contributed by atoms with E-state index in [0.717, 1.165) is 28.3 Å². The number of amides is 1. The van der Waals surface area contributed by atoms with Gasteiger partial charge in [0.15, 0.2) is 0 Å². The number of anilines is 1. The Bertz CT molecular complexity index is 937. The molecule has 7 heteroatoms. The third-order valence-electron chi connectivity index (χ3n) is 3.75. The summed E-state index contributed by atoms with van der Waals surface area (Å²) in [6.45, 7) is 2.76. The minimum Gasteiger partial charge on any atom is -0.494 e. The second-order valence-electron chi connectivity index (χ2n) is 6.04. The Balaban J connectivity index is 1.52. The highest BCUT2D eigenvalue weighted by molar-refractivity contribution is 7.15. The normalized spacial score (nSPS) is 10.9. The van der Waals surface area contributed by atoms with Crippen molar-refractivity contribution in [2.24, 2.45) is 0 Å². The van der Waals surface area contributed by atoms with Gasteiger partial charge < -0.3 is 4.74 Å². The molecule has 0 fully saturated rings. The molecule has 0 bridgehead atoms. The van der Waals surface area contributed by atoms with Crippen LogP contribution in [-0.2, 0) is 11.2 Å². The summed E-state index contributed by atoms with van der Waals surface area (Å²) < 4.78 is 5.54. The Kier molecular flexibility index (Phi) is 7.17. The van der Waals surface area contributed by atoms with Crippen molar-refractivity contribution in [2.45, 2.75) is 19.8 Å². The average molecular weight is 414 g/mol. The zero-order valence-corrected chi connectivity index (χ0v) is 17.0. The summed E-state index contributed by atoms with van der Waals surface area (Å²) in [5.74, 6) is 0.575. The van der Waals surface area contributed by atoms with E-state index < -0.39 is 0 Å². The number of carbonyl (C=O) groups is 1.